The molecule has 1 heterocycles. The fraction of sp³-hybridized carbons (Fsp3) is 0.200. The molecule has 0 aliphatic rings. The highest BCUT2D eigenvalue weighted by molar-refractivity contribution is 6.31. The molecular weight excluding hydrogens is 341 g/mol. The molecule has 0 bridgehead atoms. The Labute approximate surface area is 150 Å². The molecule has 0 spiro atoms. The third-order valence-corrected chi connectivity index (χ3v) is 4.29. The summed E-state index contributed by atoms with van der Waals surface area (Å²) in [5.41, 5.74) is 2.27. The summed E-state index contributed by atoms with van der Waals surface area (Å²) < 4.78 is 19.5. The van der Waals surface area contributed by atoms with Gasteiger partial charge in [0.1, 0.15) is 5.82 Å². The van der Waals surface area contributed by atoms with Crippen molar-refractivity contribution in [1.82, 2.24) is 4.98 Å². The van der Waals surface area contributed by atoms with Gasteiger partial charge in [-0.1, -0.05) is 49.7 Å². The number of methoxy groups -OCH3 is 1. The highest BCUT2D eigenvalue weighted by Gasteiger charge is 2.25. The molecule has 0 aliphatic heterocycles. The van der Waals surface area contributed by atoms with E-state index in [2.05, 4.69) is 4.98 Å². The van der Waals surface area contributed by atoms with E-state index >= 15 is 0 Å². The molecule has 0 unspecified atom stereocenters. The lowest BCUT2D eigenvalue weighted by Crippen LogP contribution is -2.12. The minimum Gasteiger partial charge on any atom is -0.465 e. The van der Waals surface area contributed by atoms with Crippen molar-refractivity contribution in [3.05, 3.63) is 64.6 Å². The van der Waals surface area contributed by atoms with Crippen LogP contribution in [0.1, 0.15) is 35.8 Å². The molecule has 2 aromatic carbocycles. The number of nitrogens with zero attached hydrogens (tertiary/aromatic N) is 1. The lowest BCUT2D eigenvalue weighted by molar-refractivity contribution is 0.0599. The minimum atomic E-state index is -0.536. The van der Waals surface area contributed by atoms with Crippen LogP contribution in [0.15, 0.2) is 42.5 Å². The van der Waals surface area contributed by atoms with Crippen LogP contribution in [0.5, 0.6) is 0 Å². The largest absolute Gasteiger partial charge is 0.465 e. The number of halogens is 2. The van der Waals surface area contributed by atoms with Crippen molar-refractivity contribution in [3.63, 3.8) is 0 Å². The normalized spacial score (nSPS) is 11.1. The molecule has 0 N–H and O–H groups in total. The third-order valence-electron chi connectivity index (χ3n) is 4.06. The van der Waals surface area contributed by atoms with E-state index in [0.29, 0.717) is 32.7 Å². The summed E-state index contributed by atoms with van der Waals surface area (Å²) in [6, 6.07) is 11.5. The van der Waals surface area contributed by atoms with E-state index in [1.54, 1.807) is 36.4 Å². The Morgan fingerprint density at radius 1 is 1.20 bits per heavy atom. The van der Waals surface area contributed by atoms with Crippen LogP contribution >= 0.6 is 11.6 Å². The van der Waals surface area contributed by atoms with Crippen LogP contribution in [0.2, 0.25) is 5.02 Å². The van der Waals surface area contributed by atoms with E-state index in [9.17, 15) is 9.18 Å². The number of carbonyl (C=O) groups is 1. The van der Waals surface area contributed by atoms with Gasteiger partial charge in [0.25, 0.3) is 0 Å². The fourth-order valence-electron chi connectivity index (χ4n) is 2.93. The first-order valence-electron chi connectivity index (χ1n) is 7.90. The Morgan fingerprint density at radius 2 is 1.92 bits per heavy atom. The van der Waals surface area contributed by atoms with E-state index in [1.165, 1.54) is 13.2 Å². The lowest BCUT2D eigenvalue weighted by atomic mass is 9.90. The first kappa shape index (κ1) is 17.4. The molecule has 0 saturated carbocycles. The summed E-state index contributed by atoms with van der Waals surface area (Å²) in [4.78, 5) is 17.2. The number of fused-ring (bicyclic) bond motifs is 1. The molecule has 5 heteroatoms. The van der Waals surface area contributed by atoms with Gasteiger partial charge in [0, 0.05) is 21.5 Å². The third kappa shape index (κ3) is 3.10. The molecule has 0 aliphatic carbocycles. The Hall–Kier alpha value is -2.46. The van der Waals surface area contributed by atoms with Crippen molar-refractivity contribution in [2.75, 3.05) is 7.11 Å². The SMILES string of the molecule is COC(=O)c1c(C(C)C)nc2cc(Cl)ccc2c1-c1ccccc1F. The van der Waals surface area contributed by atoms with Gasteiger partial charge in [-0.3, -0.25) is 4.98 Å². The maximum Gasteiger partial charge on any atom is 0.340 e. The molecule has 3 nitrogen and oxygen atoms in total. The van der Waals surface area contributed by atoms with E-state index in [4.69, 9.17) is 16.3 Å². The van der Waals surface area contributed by atoms with E-state index < -0.39 is 11.8 Å². The second kappa shape index (κ2) is 6.81. The van der Waals surface area contributed by atoms with Crippen molar-refractivity contribution in [2.45, 2.75) is 19.8 Å². The summed E-state index contributed by atoms with van der Waals surface area (Å²) in [6.45, 7) is 3.85. The average Bonchev–Trinajstić information content (AvgIpc) is 2.59. The smallest absolute Gasteiger partial charge is 0.340 e. The molecule has 3 aromatic rings. The summed E-state index contributed by atoms with van der Waals surface area (Å²) >= 11 is 6.10. The monoisotopic (exact) mass is 357 g/mol. The predicted octanol–water partition coefficient (Wildman–Crippen LogP) is 5.60. The van der Waals surface area contributed by atoms with Crippen LogP contribution in [-0.4, -0.2) is 18.1 Å². The zero-order chi connectivity index (χ0) is 18.1. The number of hydrogen-bond acceptors (Lipinski definition) is 3. The van der Waals surface area contributed by atoms with Gasteiger partial charge in [-0.15, -0.1) is 0 Å². The molecule has 0 fully saturated rings. The molecule has 25 heavy (non-hydrogen) atoms. The number of carbonyl (C=O) groups excluding carboxylic acids is 1. The summed E-state index contributed by atoms with van der Waals surface area (Å²) in [5.74, 6) is -1.00. The van der Waals surface area contributed by atoms with Crippen molar-refractivity contribution >= 4 is 28.5 Å². The van der Waals surface area contributed by atoms with Crippen molar-refractivity contribution in [3.8, 4) is 11.1 Å². The molecule has 0 atom stereocenters. The first-order valence-corrected chi connectivity index (χ1v) is 8.28. The Kier molecular flexibility index (Phi) is 4.73. The molecule has 0 radical (unpaired) electrons. The second-order valence-electron chi connectivity index (χ2n) is 6.03. The molecule has 0 saturated heterocycles. The van der Waals surface area contributed by atoms with Gasteiger partial charge >= 0.3 is 5.97 Å². The topological polar surface area (TPSA) is 39.2 Å². The Bertz CT molecular complexity index is 969. The van der Waals surface area contributed by atoms with Crippen LogP contribution in [0, 0.1) is 5.82 Å². The first-order chi connectivity index (χ1) is 11.9. The fourth-order valence-corrected chi connectivity index (χ4v) is 3.09. The number of rotatable bonds is 3. The zero-order valence-corrected chi connectivity index (χ0v) is 14.9. The summed E-state index contributed by atoms with van der Waals surface area (Å²) in [5, 5.41) is 1.18. The van der Waals surface area contributed by atoms with Crippen LogP contribution < -0.4 is 0 Å². The van der Waals surface area contributed by atoms with Crippen molar-refractivity contribution < 1.29 is 13.9 Å². The van der Waals surface area contributed by atoms with Crippen molar-refractivity contribution in [2.24, 2.45) is 0 Å². The van der Waals surface area contributed by atoms with Gasteiger partial charge in [0.2, 0.25) is 0 Å². The minimum absolute atomic E-state index is 0.0528. The van der Waals surface area contributed by atoms with Gasteiger partial charge in [-0.25, -0.2) is 9.18 Å². The maximum absolute atomic E-state index is 14.6. The van der Waals surface area contributed by atoms with E-state index in [0.717, 1.165) is 0 Å². The van der Waals surface area contributed by atoms with Crippen LogP contribution in [0.3, 0.4) is 0 Å². The van der Waals surface area contributed by atoms with Crippen molar-refractivity contribution in [1.29, 1.82) is 0 Å². The second-order valence-corrected chi connectivity index (χ2v) is 6.47. The van der Waals surface area contributed by atoms with Gasteiger partial charge in [0.05, 0.1) is 23.9 Å². The molecule has 0 amide bonds. The van der Waals surface area contributed by atoms with Gasteiger partial charge in [-0.2, -0.15) is 0 Å². The molecule has 1 aromatic heterocycles. The van der Waals surface area contributed by atoms with Crippen LogP contribution in [-0.2, 0) is 4.74 Å². The number of ether oxygens (including phenoxy) is 1. The molecular formula is C20H17ClFNO2. The maximum atomic E-state index is 14.6. The van der Waals surface area contributed by atoms with E-state index in [-0.39, 0.29) is 11.5 Å². The number of pyridine rings is 1. The highest BCUT2D eigenvalue weighted by Crippen LogP contribution is 2.37. The average molecular weight is 358 g/mol. The summed E-state index contributed by atoms with van der Waals surface area (Å²) in [6.07, 6.45) is 0. The lowest BCUT2D eigenvalue weighted by Gasteiger charge is -2.18. The Morgan fingerprint density at radius 3 is 2.56 bits per heavy atom. The molecule has 128 valence electrons. The number of esters is 1. The molecule has 3 rings (SSSR count). The Balaban J connectivity index is 2.53. The summed E-state index contributed by atoms with van der Waals surface area (Å²) in [7, 11) is 1.31. The highest BCUT2D eigenvalue weighted by atomic mass is 35.5. The van der Waals surface area contributed by atoms with Gasteiger partial charge in [0.15, 0.2) is 0 Å². The number of benzene rings is 2. The van der Waals surface area contributed by atoms with Gasteiger partial charge < -0.3 is 4.74 Å². The standard InChI is InChI=1S/C20H17ClFNO2/c1-11(2)19-18(20(24)25-3)17(13-6-4-5-7-15(13)22)14-9-8-12(21)10-16(14)23-19/h4-11H,1-3H3. The quantitative estimate of drug-likeness (QED) is 0.572. The van der Waals surface area contributed by atoms with Crippen LogP contribution in [0.4, 0.5) is 4.39 Å². The number of aromatic nitrogens is 1. The van der Waals surface area contributed by atoms with Gasteiger partial charge in [-0.05, 0) is 24.1 Å². The van der Waals surface area contributed by atoms with Crippen LogP contribution in [0.25, 0.3) is 22.0 Å². The zero-order valence-electron chi connectivity index (χ0n) is 14.1. The predicted molar refractivity (Wildman–Crippen MR) is 97.6 cm³/mol. The number of hydrogen-bond donors (Lipinski definition) is 0. The van der Waals surface area contributed by atoms with E-state index in [1.807, 2.05) is 13.8 Å².